The molecular weight excluding hydrogens is 532 g/mol. The summed E-state index contributed by atoms with van der Waals surface area (Å²) in [4.78, 5) is 31.3. The van der Waals surface area contributed by atoms with Crippen molar-refractivity contribution in [2.45, 2.75) is 32.1 Å². The number of carbonyl (C=O) groups excluding carboxylic acids is 1. The number of rotatable bonds is 11. The number of methoxy groups -OCH3 is 1. The van der Waals surface area contributed by atoms with Gasteiger partial charge in [-0.1, -0.05) is 13.0 Å². The highest BCUT2D eigenvalue weighted by Gasteiger charge is 2.36. The molecule has 13 heteroatoms. The number of hydrogen-bond acceptors (Lipinski definition) is 10. The maximum atomic E-state index is 14.7. The van der Waals surface area contributed by atoms with Crippen molar-refractivity contribution in [3.63, 3.8) is 0 Å². The van der Waals surface area contributed by atoms with Gasteiger partial charge in [-0.3, -0.25) is 14.4 Å². The molecule has 0 aliphatic carbocycles. The first-order valence-electron chi connectivity index (χ1n) is 13.3. The van der Waals surface area contributed by atoms with Gasteiger partial charge in [0.15, 0.2) is 17.4 Å². The molecule has 1 saturated heterocycles. The molecule has 214 valence electrons. The number of para-hydroxylation sites is 1. The van der Waals surface area contributed by atoms with E-state index in [0.29, 0.717) is 53.0 Å². The summed E-state index contributed by atoms with van der Waals surface area (Å²) in [5, 5.41) is 10.6. The lowest BCUT2D eigenvalue weighted by molar-refractivity contribution is -0.0369. The SMILES string of the molecule is CCC(=O)c1cnc(Nc2cnc(C(F)(F)CN3CCCC3)cn2)cc1Nc1cccc(-c2ncn(C)n2)c1OC. The fourth-order valence-corrected chi connectivity index (χ4v) is 4.69. The van der Waals surface area contributed by atoms with Crippen LogP contribution in [0.3, 0.4) is 0 Å². The molecule has 1 aliphatic rings. The average Bonchev–Trinajstić information content (AvgIpc) is 3.64. The van der Waals surface area contributed by atoms with Crippen molar-refractivity contribution in [3.8, 4) is 17.1 Å². The minimum atomic E-state index is -3.11. The third kappa shape index (κ3) is 6.30. The van der Waals surface area contributed by atoms with E-state index < -0.39 is 5.92 Å². The minimum absolute atomic E-state index is 0.113. The second kappa shape index (κ2) is 11.9. The molecule has 0 atom stereocenters. The number of aryl methyl sites for hydroxylation is 1. The summed E-state index contributed by atoms with van der Waals surface area (Å²) >= 11 is 0. The first kappa shape index (κ1) is 28.0. The molecule has 0 radical (unpaired) electrons. The summed E-state index contributed by atoms with van der Waals surface area (Å²) in [6, 6.07) is 7.12. The number of carbonyl (C=O) groups is 1. The Morgan fingerprint density at radius 2 is 1.80 bits per heavy atom. The molecule has 3 aromatic heterocycles. The van der Waals surface area contributed by atoms with Gasteiger partial charge in [0.2, 0.25) is 0 Å². The average molecular weight is 564 g/mol. The van der Waals surface area contributed by atoms with E-state index in [4.69, 9.17) is 4.74 Å². The lowest BCUT2D eigenvalue weighted by Gasteiger charge is -2.22. The van der Waals surface area contributed by atoms with Gasteiger partial charge in [-0.05, 0) is 38.1 Å². The van der Waals surface area contributed by atoms with Gasteiger partial charge in [-0.15, -0.1) is 0 Å². The van der Waals surface area contributed by atoms with Gasteiger partial charge in [0.25, 0.3) is 0 Å². The monoisotopic (exact) mass is 563 g/mol. The summed E-state index contributed by atoms with van der Waals surface area (Å²) in [5.74, 6) is -1.66. The summed E-state index contributed by atoms with van der Waals surface area (Å²) in [5.41, 5.74) is 1.73. The number of hydrogen-bond donors (Lipinski definition) is 2. The number of nitrogens with zero attached hydrogens (tertiary/aromatic N) is 7. The van der Waals surface area contributed by atoms with E-state index in [0.717, 1.165) is 19.0 Å². The van der Waals surface area contributed by atoms with E-state index in [1.807, 2.05) is 18.2 Å². The van der Waals surface area contributed by atoms with Gasteiger partial charge in [-0.25, -0.2) is 19.9 Å². The fourth-order valence-electron chi connectivity index (χ4n) is 4.69. The zero-order valence-electron chi connectivity index (χ0n) is 23.1. The zero-order chi connectivity index (χ0) is 29.0. The van der Waals surface area contributed by atoms with Crippen LogP contribution in [0.4, 0.5) is 31.8 Å². The lowest BCUT2D eigenvalue weighted by Crippen LogP contribution is -2.34. The Kier molecular flexibility index (Phi) is 8.15. The van der Waals surface area contributed by atoms with E-state index in [2.05, 4.69) is 35.7 Å². The van der Waals surface area contributed by atoms with Gasteiger partial charge >= 0.3 is 5.92 Å². The van der Waals surface area contributed by atoms with Crippen molar-refractivity contribution in [2.75, 3.05) is 37.4 Å². The summed E-state index contributed by atoms with van der Waals surface area (Å²) < 4.78 is 36.8. The Morgan fingerprint density at radius 1 is 1.02 bits per heavy atom. The standard InChI is InChI=1S/C28H31F2N9O2/c1-4-22(40)19-13-32-24(36-25-15-31-23(14-33-25)28(29,30)16-39-10-5-6-11-39)12-21(19)35-20-9-7-8-18(26(20)41-3)27-34-17-38(2)37-27/h7-9,12-15,17H,4-6,10-11,16H2,1-3H3,(H2,32,33,35,36). The molecule has 11 nitrogen and oxygen atoms in total. The van der Waals surface area contributed by atoms with Crippen LogP contribution < -0.4 is 15.4 Å². The second-order valence-corrected chi connectivity index (χ2v) is 9.74. The Labute approximate surface area is 236 Å². The molecule has 4 heterocycles. The summed E-state index contributed by atoms with van der Waals surface area (Å²) in [6.07, 6.45) is 7.51. The number of anilines is 4. The number of pyridine rings is 1. The minimum Gasteiger partial charge on any atom is -0.494 e. The van der Waals surface area contributed by atoms with Gasteiger partial charge < -0.3 is 15.4 Å². The molecule has 1 fully saturated rings. The molecule has 0 amide bonds. The van der Waals surface area contributed by atoms with Gasteiger partial charge in [-0.2, -0.15) is 13.9 Å². The number of Topliss-reactive ketones (excluding diaryl/α,β-unsaturated/α-hetero) is 1. The van der Waals surface area contributed by atoms with E-state index in [-0.39, 0.29) is 30.3 Å². The van der Waals surface area contributed by atoms with Crippen LogP contribution in [0.1, 0.15) is 42.2 Å². The predicted octanol–water partition coefficient (Wildman–Crippen LogP) is 4.94. The van der Waals surface area contributed by atoms with E-state index in [1.165, 1.54) is 12.4 Å². The molecule has 0 saturated carbocycles. The normalized spacial score (nSPS) is 13.8. The number of nitrogens with one attached hydrogen (secondary N) is 2. The summed E-state index contributed by atoms with van der Waals surface area (Å²) in [7, 11) is 3.32. The number of benzene rings is 1. The Bertz CT molecular complexity index is 1520. The maximum absolute atomic E-state index is 14.7. The van der Waals surface area contributed by atoms with Crippen molar-refractivity contribution >= 4 is 28.8 Å². The van der Waals surface area contributed by atoms with Crippen molar-refractivity contribution in [2.24, 2.45) is 7.05 Å². The molecule has 0 unspecified atom stereocenters. The van der Waals surface area contributed by atoms with Gasteiger partial charge in [0, 0.05) is 25.7 Å². The van der Waals surface area contributed by atoms with Crippen LogP contribution in [0.15, 0.2) is 49.2 Å². The number of aromatic nitrogens is 6. The van der Waals surface area contributed by atoms with Crippen LogP contribution in [0.5, 0.6) is 5.75 Å². The first-order valence-corrected chi connectivity index (χ1v) is 13.3. The number of likely N-dealkylation sites (tertiary alicyclic amines) is 1. The van der Waals surface area contributed by atoms with Crippen molar-refractivity contribution in [1.82, 2.24) is 34.6 Å². The molecule has 2 N–H and O–H groups in total. The molecule has 5 rings (SSSR count). The Morgan fingerprint density at radius 3 is 2.46 bits per heavy atom. The topological polar surface area (TPSA) is 123 Å². The molecule has 41 heavy (non-hydrogen) atoms. The molecular formula is C28H31F2N9O2. The van der Waals surface area contributed by atoms with Crippen LogP contribution in [-0.2, 0) is 13.0 Å². The Hall–Kier alpha value is -4.52. The largest absolute Gasteiger partial charge is 0.494 e. The van der Waals surface area contributed by atoms with Crippen LogP contribution in [0, 0.1) is 0 Å². The second-order valence-electron chi connectivity index (χ2n) is 9.74. The third-order valence-corrected chi connectivity index (χ3v) is 6.76. The summed E-state index contributed by atoms with van der Waals surface area (Å²) in [6.45, 7) is 2.72. The molecule has 1 aliphatic heterocycles. The number of ether oxygens (including phenoxy) is 1. The molecule has 0 bridgehead atoms. The van der Waals surface area contributed by atoms with E-state index in [1.54, 1.807) is 43.1 Å². The smallest absolute Gasteiger partial charge is 0.303 e. The van der Waals surface area contributed by atoms with Crippen LogP contribution >= 0.6 is 0 Å². The van der Waals surface area contributed by atoms with Crippen LogP contribution in [-0.4, -0.2) is 67.1 Å². The highest BCUT2D eigenvalue weighted by molar-refractivity contribution is 6.02. The zero-order valence-corrected chi connectivity index (χ0v) is 23.1. The van der Waals surface area contributed by atoms with Gasteiger partial charge in [0.05, 0.1) is 48.5 Å². The van der Waals surface area contributed by atoms with Crippen molar-refractivity contribution < 1.29 is 18.3 Å². The molecule has 1 aromatic carbocycles. The van der Waals surface area contributed by atoms with Gasteiger partial charge in [0.1, 0.15) is 23.7 Å². The fraction of sp³-hybridized carbons (Fsp3) is 0.357. The van der Waals surface area contributed by atoms with Crippen molar-refractivity contribution in [3.05, 3.63) is 60.4 Å². The molecule has 4 aromatic rings. The number of ketones is 1. The first-order chi connectivity index (χ1) is 19.8. The van der Waals surface area contributed by atoms with Crippen molar-refractivity contribution in [1.29, 1.82) is 0 Å². The quantitative estimate of drug-likeness (QED) is 0.243. The predicted molar refractivity (Wildman–Crippen MR) is 150 cm³/mol. The maximum Gasteiger partial charge on any atom is 0.303 e. The Balaban J connectivity index is 1.40. The van der Waals surface area contributed by atoms with Crippen LogP contribution in [0.2, 0.25) is 0 Å². The number of halogens is 2. The van der Waals surface area contributed by atoms with E-state index >= 15 is 0 Å². The third-order valence-electron chi connectivity index (χ3n) is 6.76. The van der Waals surface area contributed by atoms with E-state index in [9.17, 15) is 13.6 Å². The van der Waals surface area contributed by atoms with Crippen LogP contribution in [0.25, 0.3) is 11.4 Å². The molecule has 0 spiro atoms. The lowest BCUT2D eigenvalue weighted by atomic mass is 10.1. The highest BCUT2D eigenvalue weighted by atomic mass is 19.3. The number of alkyl halides is 2. The highest BCUT2D eigenvalue weighted by Crippen LogP contribution is 2.37.